The number of nitrogens with zero attached hydrogens (tertiary/aromatic N) is 1. The van der Waals surface area contributed by atoms with E-state index in [9.17, 15) is 5.11 Å². The highest BCUT2D eigenvalue weighted by Gasteiger charge is 2.47. The number of hydrogen-bond donors (Lipinski definition) is 1. The number of aliphatic hydroxyl groups excluding tert-OH is 1. The second-order valence-electron chi connectivity index (χ2n) is 11.3. The van der Waals surface area contributed by atoms with Gasteiger partial charge in [-0.05, 0) is 53.6 Å². The first-order valence-corrected chi connectivity index (χ1v) is 14.2. The predicted molar refractivity (Wildman–Crippen MR) is 138 cm³/mol. The van der Waals surface area contributed by atoms with Gasteiger partial charge in [0.15, 0.2) is 11.6 Å². The predicted octanol–water partition coefficient (Wildman–Crippen LogP) is 6.04. The molecule has 2 aliphatic heterocycles. The van der Waals surface area contributed by atoms with Crippen molar-refractivity contribution in [3.8, 4) is 0 Å². The summed E-state index contributed by atoms with van der Waals surface area (Å²) in [5.41, 5.74) is 0. The number of rotatable bonds is 18. The van der Waals surface area contributed by atoms with E-state index in [1.807, 2.05) is 27.7 Å². The molecule has 0 amide bonds. The third-order valence-corrected chi connectivity index (χ3v) is 7.19. The van der Waals surface area contributed by atoms with E-state index in [1.165, 1.54) is 64.2 Å². The Morgan fingerprint density at radius 3 is 1.50 bits per heavy atom. The summed E-state index contributed by atoms with van der Waals surface area (Å²) in [6, 6.07) is -0.171. The first kappa shape index (κ1) is 30.0. The van der Waals surface area contributed by atoms with Crippen LogP contribution in [0.2, 0.25) is 0 Å². The minimum absolute atomic E-state index is 0.171. The molecule has 2 rings (SSSR count). The van der Waals surface area contributed by atoms with Crippen LogP contribution in [0.4, 0.5) is 0 Å². The number of aliphatic hydroxyl groups is 1. The van der Waals surface area contributed by atoms with Gasteiger partial charge in [-0.2, -0.15) is 0 Å². The molecular weight excluding hydrogens is 430 g/mol. The zero-order chi connectivity index (χ0) is 25.0. The van der Waals surface area contributed by atoms with Crippen LogP contribution < -0.4 is 0 Å². The molecule has 2 fully saturated rings. The van der Waals surface area contributed by atoms with E-state index in [2.05, 4.69) is 18.7 Å². The summed E-state index contributed by atoms with van der Waals surface area (Å²) in [6.07, 6.45) is 13.9. The van der Waals surface area contributed by atoms with Crippen molar-refractivity contribution in [2.75, 3.05) is 26.3 Å². The van der Waals surface area contributed by atoms with Crippen LogP contribution in [-0.4, -0.2) is 72.2 Å². The summed E-state index contributed by atoms with van der Waals surface area (Å²) < 4.78 is 24.2. The third kappa shape index (κ3) is 10.4. The van der Waals surface area contributed by atoms with Gasteiger partial charge in [-0.25, -0.2) is 0 Å². The Bertz CT molecular complexity index is 525. The van der Waals surface area contributed by atoms with Crippen molar-refractivity contribution >= 4 is 0 Å². The Kier molecular flexibility index (Phi) is 13.3. The second kappa shape index (κ2) is 15.1. The third-order valence-electron chi connectivity index (χ3n) is 7.19. The van der Waals surface area contributed by atoms with E-state index in [0.29, 0.717) is 13.2 Å². The Labute approximate surface area is 210 Å². The van der Waals surface area contributed by atoms with Gasteiger partial charge in [-0.1, -0.05) is 78.1 Å². The van der Waals surface area contributed by atoms with Gasteiger partial charge in [-0.3, -0.25) is 4.90 Å². The van der Waals surface area contributed by atoms with Gasteiger partial charge in [0.25, 0.3) is 0 Å². The molecule has 0 saturated carbocycles. The molecule has 4 atom stereocenters. The van der Waals surface area contributed by atoms with E-state index in [1.54, 1.807) is 0 Å². The lowest BCUT2D eigenvalue weighted by atomic mass is 9.97. The summed E-state index contributed by atoms with van der Waals surface area (Å²) in [6.45, 7) is 15.1. The van der Waals surface area contributed by atoms with Crippen LogP contribution in [0.3, 0.4) is 0 Å². The molecule has 2 saturated heterocycles. The Balaban J connectivity index is 2.07. The van der Waals surface area contributed by atoms with Gasteiger partial charge in [0, 0.05) is 0 Å². The minimum atomic E-state index is -0.690. The minimum Gasteiger partial charge on any atom is -0.389 e. The summed E-state index contributed by atoms with van der Waals surface area (Å²) >= 11 is 0. The van der Waals surface area contributed by atoms with Crippen LogP contribution in [-0.2, 0) is 18.9 Å². The zero-order valence-corrected chi connectivity index (χ0v) is 23.2. The van der Waals surface area contributed by atoms with E-state index in [4.69, 9.17) is 18.9 Å². The van der Waals surface area contributed by atoms with Gasteiger partial charge in [0.2, 0.25) is 0 Å². The molecule has 0 spiro atoms. The Hall–Kier alpha value is -0.240. The number of ether oxygens (including phenoxy) is 4. The molecule has 6 heteroatoms. The van der Waals surface area contributed by atoms with Crippen LogP contribution in [0.25, 0.3) is 0 Å². The van der Waals surface area contributed by atoms with Gasteiger partial charge in [0.05, 0.1) is 19.3 Å². The largest absolute Gasteiger partial charge is 0.389 e. The van der Waals surface area contributed by atoms with Gasteiger partial charge in [0.1, 0.15) is 18.3 Å². The first-order valence-electron chi connectivity index (χ1n) is 14.2. The van der Waals surface area contributed by atoms with Crippen LogP contribution >= 0.6 is 0 Å². The van der Waals surface area contributed by atoms with Crippen molar-refractivity contribution in [3.05, 3.63) is 0 Å². The molecule has 2 aliphatic rings. The lowest BCUT2D eigenvalue weighted by Gasteiger charge is -2.40. The summed E-state index contributed by atoms with van der Waals surface area (Å²) in [4.78, 5) is 2.48. The van der Waals surface area contributed by atoms with Crippen LogP contribution in [0, 0.1) is 0 Å². The highest BCUT2D eigenvalue weighted by Crippen LogP contribution is 2.32. The van der Waals surface area contributed by atoms with Crippen molar-refractivity contribution in [1.82, 2.24) is 4.90 Å². The standard InChI is InChI=1S/C28H55NO5/c1-7-9-11-13-15-17-19-29(20-18-16-14-12-10-8-2)25(23-21-31-27(3,4)33-23)26(30)24-22-32-28(5,6)34-24/h23-26,30H,7-22H2,1-6H3/t23?,24?,25-,26+/m0/s1. The van der Waals surface area contributed by atoms with Crippen molar-refractivity contribution in [1.29, 1.82) is 0 Å². The maximum atomic E-state index is 11.6. The topological polar surface area (TPSA) is 60.4 Å². The molecule has 0 aliphatic carbocycles. The Morgan fingerprint density at radius 2 is 1.09 bits per heavy atom. The average Bonchev–Trinajstić information content (AvgIpc) is 3.33. The van der Waals surface area contributed by atoms with Crippen LogP contribution in [0.15, 0.2) is 0 Å². The molecule has 2 unspecified atom stereocenters. The molecule has 34 heavy (non-hydrogen) atoms. The number of hydrogen-bond acceptors (Lipinski definition) is 6. The van der Waals surface area contributed by atoms with Crippen LogP contribution in [0.1, 0.15) is 119 Å². The fourth-order valence-corrected chi connectivity index (χ4v) is 5.26. The maximum absolute atomic E-state index is 11.6. The van der Waals surface area contributed by atoms with E-state index in [0.717, 1.165) is 25.9 Å². The molecule has 0 bridgehead atoms. The molecule has 2 heterocycles. The van der Waals surface area contributed by atoms with E-state index in [-0.39, 0.29) is 18.2 Å². The lowest BCUT2D eigenvalue weighted by Crippen LogP contribution is -2.57. The highest BCUT2D eigenvalue weighted by atomic mass is 16.8. The average molecular weight is 486 g/mol. The molecule has 0 aromatic rings. The molecule has 0 radical (unpaired) electrons. The van der Waals surface area contributed by atoms with Gasteiger partial charge >= 0.3 is 0 Å². The number of unbranched alkanes of at least 4 members (excludes halogenated alkanes) is 10. The SMILES string of the molecule is CCCCCCCCN(CCCCCCCC)[C@@H](C1COC(C)(C)O1)[C@H](O)C1COC(C)(C)O1. The highest BCUT2D eigenvalue weighted by molar-refractivity contribution is 4.95. The second-order valence-corrected chi connectivity index (χ2v) is 11.3. The maximum Gasteiger partial charge on any atom is 0.163 e. The summed E-state index contributed by atoms with van der Waals surface area (Å²) in [7, 11) is 0. The smallest absolute Gasteiger partial charge is 0.163 e. The summed E-state index contributed by atoms with van der Waals surface area (Å²) in [5.74, 6) is -1.28. The monoisotopic (exact) mass is 485 g/mol. The molecule has 1 N–H and O–H groups in total. The van der Waals surface area contributed by atoms with Gasteiger partial charge < -0.3 is 24.1 Å². The first-order chi connectivity index (χ1) is 16.2. The lowest BCUT2D eigenvalue weighted by molar-refractivity contribution is -0.175. The molecule has 0 aromatic carbocycles. The fourth-order valence-electron chi connectivity index (χ4n) is 5.26. The quantitative estimate of drug-likeness (QED) is 0.239. The van der Waals surface area contributed by atoms with Crippen LogP contribution in [0.5, 0.6) is 0 Å². The molecule has 202 valence electrons. The molecule has 6 nitrogen and oxygen atoms in total. The van der Waals surface area contributed by atoms with Gasteiger partial charge in [-0.15, -0.1) is 0 Å². The molecule has 0 aromatic heterocycles. The normalized spacial score (nSPS) is 25.8. The van der Waals surface area contributed by atoms with Crippen molar-refractivity contribution in [2.45, 2.75) is 155 Å². The fraction of sp³-hybridized carbons (Fsp3) is 1.00. The zero-order valence-electron chi connectivity index (χ0n) is 23.2. The van der Waals surface area contributed by atoms with E-state index < -0.39 is 17.7 Å². The summed E-state index contributed by atoms with van der Waals surface area (Å²) in [5, 5.41) is 11.6. The van der Waals surface area contributed by atoms with E-state index >= 15 is 0 Å². The Morgan fingerprint density at radius 1 is 0.676 bits per heavy atom. The van der Waals surface area contributed by atoms with Crippen molar-refractivity contribution in [2.24, 2.45) is 0 Å². The molecular formula is C28H55NO5. The van der Waals surface area contributed by atoms with Crippen molar-refractivity contribution < 1.29 is 24.1 Å². The van der Waals surface area contributed by atoms with Crippen molar-refractivity contribution in [3.63, 3.8) is 0 Å².